The Hall–Kier alpha value is -1.59. The van der Waals surface area contributed by atoms with Crippen molar-refractivity contribution in [3.8, 4) is 0 Å². The maximum Gasteiger partial charge on any atom is 0.248 e. The molecule has 0 saturated carbocycles. The Balaban J connectivity index is 2.74. The smallest absolute Gasteiger partial charge is 0.248 e. The first-order valence-electron chi connectivity index (χ1n) is 5.98. The number of methoxy groups -OCH3 is 1. The van der Waals surface area contributed by atoms with Crippen molar-refractivity contribution in [3.63, 3.8) is 0 Å². The molecule has 1 rings (SSSR count). The maximum absolute atomic E-state index is 11.0. The van der Waals surface area contributed by atoms with E-state index in [1.165, 1.54) is 0 Å². The lowest BCUT2D eigenvalue weighted by molar-refractivity contribution is 0.100. The molecule has 0 saturated heterocycles. The second-order valence-corrected chi connectivity index (χ2v) is 4.14. The molecular weight excluding hydrogens is 230 g/mol. The third-order valence-corrected chi connectivity index (χ3v) is 2.88. The molecule has 0 fully saturated rings. The van der Waals surface area contributed by atoms with Crippen LogP contribution in [0.2, 0.25) is 0 Å². The summed E-state index contributed by atoms with van der Waals surface area (Å²) in [5.41, 5.74) is 13.2. The number of nitrogen functional groups attached to an aromatic ring is 1. The molecule has 1 amide bonds. The van der Waals surface area contributed by atoms with Crippen LogP contribution in [0.1, 0.15) is 22.8 Å². The van der Waals surface area contributed by atoms with Gasteiger partial charge in [-0.1, -0.05) is 13.0 Å². The molecule has 0 aromatic heterocycles. The number of nitrogens with two attached hydrogens (primary N) is 2. The van der Waals surface area contributed by atoms with Gasteiger partial charge in [0.05, 0.1) is 6.61 Å². The monoisotopic (exact) mass is 251 g/mol. The number of hydrogen-bond acceptors (Lipinski definition) is 4. The van der Waals surface area contributed by atoms with Crippen LogP contribution in [0.5, 0.6) is 0 Å². The minimum absolute atomic E-state index is 0.441. The molecule has 1 aromatic carbocycles. The van der Waals surface area contributed by atoms with Crippen LogP contribution < -0.4 is 11.5 Å². The number of primary amides is 1. The summed E-state index contributed by atoms with van der Waals surface area (Å²) in [6.45, 7) is 5.28. The molecule has 0 atom stereocenters. The number of hydrogen-bond donors (Lipinski definition) is 2. The highest BCUT2D eigenvalue weighted by atomic mass is 16.5. The molecule has 0 aliphatic heterocycles. The van der Waals surface area contributed by atoms with E-state index in [2.05, 4.69) is 11.8 Å². The first-order valence-corrected chi connectivity index (χ1v) is 5.98. The van der Waals surface area contributed by atoms with E-state index in [-0.39, 0.29) is 0 Å². The maximum atomic E-state index is 11.0. The Kier molecular flexibility index (Phi) is 5.61. The fraction of sp³-hybridized carbons (Fsp3) is 0.462. The van der Waals surface area contributed by atoms with Crippen LogP contribution in [0.15, 0.2) is 18.2 Å². The van der Waals surface area contributed by atoms with Crippen LogP contribution in [0.3, 0.4) is 0 Å². The summed E-state index contributed by atoms with van der Waals surface area (Å²) in [5.74, 6) is -0.458. The number of benzene rings is 1. The number of anilines is 1. The SMILES string of the molecule is CCN(CCOC)Cc1ccc(C(N)=O)cc1N. The third kappa shape index (κ3) is 4.01. The Bertz CT molecular complexity index is 407. The van der Waals surface area contributed by atoms with Gasteiger partial charge in [0.1, 0.15) is 0 Å². The fourth-order valence-electron chi connectivity index (χ4n) is 1.70. The number of amides is 1. The van der Waals surface area contributed by atoms with Crippen molar-refractivity contribution in [2.75, 3.05) is 32.5 Å². The number of nitrogens with zero attached hydrogens (tertiary/aromatic N) is 1. The lowest BCUT2D eigenvalue weighted by Gasteiger charge is -2.21. The van der Waals surface area contributed by atoms with E-state index in [1.807, 2.05) is 6.07 Å². The third-order valence-electron chi connectivity index (χ3n) is 2.88. The van der Waals surface area contributed by atoms with Crippen LogP contribution in [-0.2, 0) is 11.3 Å². The van der Waals surface area contributed by atoms with Crippen LogP contribution in [0.4, 0.5) is 5.69 Å². The molecule has 1 aromatic rings. The van der Waals surface area contributed by atoms with Crippen molar-refractivity contribution in [2.24, 2.45) is 5.73 Å². The average molecular weight is 251 g/mol. The average Bonchev–Trinajstić information content (AvgIpc) is 2.35. The van der Waals surface area contributed by atoms with E-state index in [1.54, 1.807) is 19.2 Å². The zero-order valence-electron chi connectivity index (χ0n) is 11.0. The first-order chi connectivity index (χ1) is 8.58. The summed E-state index contributed by atoms with van der Waals surface area (Å²) in [6, 6.07) is 5.19. The summed E-state index contributed by atoms with van der Waals surface area (Å²) >= 11 is 0. The van der Waals surface area contributed by atoms with Crippen molar-refractivity contribution >= 4 is 11.6 Å². The Morgan fingerprint density at radius 2 is 2.17 bits per heavy atom. The normalized spacial score (nSPS) is 10.8. The highest BCUT2D eigenvalue weighted by Gasteiger charge is 2.08. The van der Waals surface area contributed by atoms with E-state index >= 15 is 0 Å². The second kappa shape index (κ2) is 6.98. The van der Waals surface area contributed by atoms with Crippen molar-refractivity contribution < 1.29 is 9.53 Å². The molecule has 0 unspecified atom stereocenters. The van der Waals surface area contributed by atoms with E-state index in [0.717, 1.165) is 25.2 Å². The Labute approximate surface area is 108 Å². The van der Waals surface area contributed by atoms with E-state index in [9.17, 15) is 4.79 Å². The molecule has 4 N–H and O–H groups in total. The van der Waals surface area contributed by atoms with Gasteiger partial charge in [-0.3, -0.25) is 9.69 Å². The van der Waals surface area contributed by atoms with Crippen molar-refractivity contribution in [2.45, 2.75) is 13.5 Å². The van der Waals surface area contributed by atoms with E-state index in [0.29, 0.717) is 17.9 Å². The second-order valence-electron chi connectivity index (χ2n) is 4.14. The molecule has 18 heavy (non-hydrogen) atoms. The van der Waals surface area contributed by atoms with Crippen LogP contribution >= 0.6 is 0 Å². The Morgan fingerprint density at radius 3 is 2.67 bits per heavy atom. The Morgan fingerprint density at radius 1 is 1.44 bits per heavy atom. The van der Waals surface area contributed by atoms with Gasteiger partial charge >= 0.3 is 0 Å². The van der Waals surface area contributed by atoms with Crippen LogP contribution in [-0.4, -0.2) is 37.6 Å². The van der Waals surface area contributed by atoms with Crippen molar-refractivity contribution in [1.82, 2.24) is 4.90 Å². The molecule has 0 heterocycles. The van der Waals surface area contributed by atoms with Gasteiger partial charge < -0.3 is 16.2 Å². The largest absolute Gasteiger partial charge is 0.398 e. The standard InChI is InChI=1S/C13H21N3O2/c1-3-16(6-7-18-2)9-11-5-4-10(13(15)17)8-12(11)14/h4-5,8H,3,6-7,9,14H2,1-2H3,(H2,15,17). The highest BCUT2D eigenvalue weighted by molar-refractivity contribution is 5.93. The van der Waals surface area contributed by atoms with E-state index < -0.39 is 5.91 Å². The number of carbonyl (C=O) groups is 1. The summed E-state index contributed by atoms with van der Waals surface area (Å²) in [5, 5.41) is 0. The molecule has 0 bridgehead atoms. The lowest BCUT2D eigenvalue weighted by atomic mass is 10.1. The number of carbonyl (C=O) groups excluding carboxylic acids is 1. The number of rotatable bonds is 7. The summed E-state index contributed by atoms with van der Waals surface area (Å²) < 4.78 is 5.06. The molecule has 5 nitrogen and oxygen atoms in total. The van der Waals surface area contributed by atoms with Gasteiger partial charge in [-0.15, -0.1) is 0 Å². The van der Waals surface area contributed by atoms with E-state index in [4.69, 9.17) is 16.2 Å². The van der Waals surface area contributed by atoms with Gasteiger partial charge in [0.2, 0.25) is 5.91 Å². The first kappa shape index (κ1) is 14.5. The van der Waals surface area contributed by atoms with Gasteiger partial charge in [0.15, 0.2) is 0 Å². The van der Waals surface area contributed by atoms with Gasteiger partial charge in [-0.25, -0.2) is 0 Å². The number of ether oxygens (including phenoxy) is 1. The summed E-state index contributed by atoms with van der Waals surface area (Å²) in [6.07, 6.45) is 0. The van der Waals surface area contributed by atoms with Gasteiger partial charge in [0.25, 0.3) is 0 Å². The molecule has 0 aliphatic rings. The topological polar surface area (TPSA) is 81.6 Å². The minimum atomic E-state index is -0.458. The quantitative estimate of drug-likeness (QED) is 0.703. The summed E-state index contributed by atoms with van der Waals surface area (Å²) in [7, 11) is 1.68. The van der Waals surface area contributed by atoms with Crippen LogP contribution in [0.25, 0.3) is 0 Å². The van der Waals surface area contributed by atoms with Crippen LogP contribution in [0, 0.1) is 0 Å². The molecule has 100 valence electrons. The molecule has 5 heteroatoms. The van der Waals surface area contributed by atoms with Gasteiger partial charge in [0, 0.05) is 31.5 Å². The zero-order chi connectivity index (χ0) is 13.5. The minimum Gasteiger partial charge on any atom is -0.398 e. The molecule has 0 spiro atoms. The van der Waals surface area contributed by atoms with Crippen molar-refractivity contribution in [3.05, 3.63) is 29.3 Å². The predicted octanol–water partition coefficient (Wildman–Crippen LogP) is 0.836. The van der Waals surface area contributed by atoms with Gasteiger partial charge in [-0.2, -0.15) is 0 Å². The molecular formula is C13H21N3O2. The van der Waals surface area contributed by atoms with Crippen molar-refractivity contribution in [1.29, 1.82) is 0 Å². The highest BCUT2D eigenvalue weighted by Crippen LogP contribution is 2.16. The van der Waals surface area contributed by atoms with Gasteiger partial charge in [-0.05, 0) is 24.2 Å². The fourth-order valence-corrected chi connectivity index (χ4v) is 1.70. The predicted molar refractivity (Wildman–Crippen MR) is 72.2 cm³/mol. The zero-order valence-corrected chi connectivity index (χ0v) is 11.0. The molecule has 0 radical (unpaired) electrons. The summed E-state index contributed by atoms with van der Waals surface area (Å²) in [4.78, 5) is 13.2. The number of likely N-dealkylation sites (N-methyl/N-ethyl adjacent to an activating group) is 1. The lowest BCUT2D eigenvalue weighted by Crippen LogP contribution is -2.27. The molecule has 0 aliphatic carbocycles.